The zero-order valence-corrected chi connectivity index (χ0v) is 11.0. The van der Waals surface area contributed by atoms with Gasteiger partial charge in [-0.2, -0.15) is 15.4 Å². The molecule has 20 heavy (non-hydrogen) atoms. The van der Waals surface area contributed by atoms with Crippen molar-refractivity contribution in [2.24, 2.45) is 0 Å². The number of aromatic amines is 1. The Labute approximate surface area is 114 Å². The Kier molecular flexibility index (Phi) is 3.09. The Bertz CT molecular complexity index is 666. The van der Waals surface area contributed by atoms with Gasteiger partial charge < -0.3 is 9.64 Å². The van der Waals surface area contributed by atoms with Crippen molar-refractivity contribution in [1.82, 2.24) is 20.3 Å². The Hall–Kier alpha value is -2.44. The zero-order chi connectivity index (χ0) is 14.1. The lowest BCUT2D eigenvalue weighted by atomic mass is 10.1. The molecule has 7 nitrogen and oxygen atoms in total. The molecule has 1 N–H and O–H groups in total. The second kappa shape index (κ2) is 4.92. The van der Waals surface area contributed by atoms with Crippen molar-refractivity contribution in [2.45, 2.75) is 18.9 Å². The van der Waals surface area contributed by atoms with E-state index in [0.717, 1.165) is 6.42 Å². The minimum atomic E-state index is -0.486. The minimum Gasteiger partial charge on any atom is -0.467 e. The van der Waals surface area contributed by atoms with E-state index in [1.54, 1.807) is 23.1 Å². The highest BCUT2D eigenvalue weighted by atomic mass is 16.5. The highest BCUT2D eigenvalue weighted by Crippen LogP contribution is 2.22. The number of methoxy groups -OCH3 is 1. The van der Waals surface area contributed by atoms with Crippen LogP contribution in [0.5, 0.6) is 0 Å². The van der Waals surface area contributed by atoms with Crippen LogP contribution < -0.4 is 0 Å². The van der Waals surface area contributed by atoms with Crippen LogP contribution in [-0.4, -0.2) is 51.9 Å². The summed E-state index contributed by atoms with van der Waals surface area (Å²) in [7, 11) is 1.34. The van der Waals surface area contributed by atoms with Crippen molar-refractivity contribution in [3.63, 3.8) is 0 Å². The van der Waals surface area contributed by atoms with Gasteiger partial charge in [-0.3, -0.25) is 4.79 Å². The number of nitrogens with one attached hydrogen (secondary N) is 1. The van der Waals surface area contributed by atoms with E-state index >= 15 is 0 Å². The highest BCUT2D eigenvalue weighted by molar-refractivity contribution is 5.99. The molecule has 3 rings (SSSR count). The Morgan fingerprint density at radius 2 is 2.15 bits per heavy atom. The predicted octanol–water partition coefficient (Wildman–Crippen LogP) is 0.735. The van der Waals surface area contributed by atoms with E-state index < -0.39 is 6.04 Å². The first-order chi connectivity index (χ1) is 9.70. The number of hydrogen-bond donors (Lipinski definition) is 1. The van der Waals surface area contributed by atoms with Crippen LogP contribution in [0.15, 0.2) is 18.2 Å². The molecule has 1 fully saturated rings. The molecule has 2 aromatic rings. The van der Waals surface area contributed by atoms with Gasteiger partial charge in [0.2, 0.25) is 0 Å². The summed E-state index contributed by atoms with van der Waals surface area (Å²) in [6.45, 7) is 0.565. The molecule has 7 heteroatoms. The van der Waals surface area contributed by atoms with Gasteiger partial charge in [0.1, 0.15) is 17.1 Å². The molecular weight excluding hydrogens is 260 g/mol. The predicted molar refractivity (Wildman–Crippen MR) is 70.0 cm³/mol. The number of H-pyrrole nitrogens is 1. The van der Waals surface area contributed by atoms with Gasteiger partial charge >= 0.3 is 5.97 Å². The molecule has 1 aliphatic rings. The second-order valence-electron chi connectivity index (χ2n) is 4.71. The number of carbonyl (C=O) groups is 2. The maximum absolute atomic E-state index is 12.5. The number of amides is 1. The van der Waals surface area contributed by atoms with E-state index in [-0.39, 0.29) is 11.9 Å². The van der Waals surface area contributed by atoms with Crippen molar-refractivity contribution >= 4 is 22.9 Å². The van der Waals surface area contributed by atoms with Crippen molar-refractivity contribution < 1.29 is 14.3 Å². The molecule has 2 heterocycles. The number of ether oxygens (including phenoxy) is 1. The lowest BCUT2D eigenvalue weighted by Gasteiger charge is -2.22. The molecule has 1 amide bonds. The molecule has 0 bridgehead atoms. The highest BCUT2D eigenvalue weighted by Gasteiger charge is 2.35. The fraction of sp³-hybridized carbons (Fsp3) is 0.385. The Morgan fingerprint density at radius 3 is 2.95 bits per heavy atom. The van der Waals surface area contributed by atoms with E-state index in [1.807, 2.05) is 0 Å². The molecule has 1 aromatic heterocycles. The number of aromatic nitrogens is 3. The van der Waals surface area contributed by atoms with E-state index in [0.29, 0.717) is 29.6 Å². The normalized spacial score (nSPS) is 18.4. The lowest BCUT2D eigenvalue weighted by molar-refractivity contribution is -0.145. The molecular formula is C13H14N4O3. The number of carbonyl (C=O) groups excluding carboxylic acids is 2. The van der Waals surface area contributed by atoms with Gasteiger partial charge in [-0.25, -0.2) is 4.79 Å². The largest absolute Gasteiger partial charge is 0.467 e. The average molecular weight is 274 g/mol. The van der Waals surface area contributed by atoms with Gasteiger partial charge in [0.05, 0.1) is 7.11 Å². The van der Waals surface area contributed by atoms with E-state index in [4.69, 9.17) is 4.74 Å². The third-order valence-electron chi connectivity index (χ3n) is 3.55. The van der Waals surface area contributed by atoms with E-state index in [1.165, 1.54) is 7.11 Å². The molecule has 0 saturated carbocycles. The molecule has 0 radical (unpaired) electrons. The second-order valence-corrected chi connectivity index (χ2v) is 4.71. The lowest BCUT2D eigenvalue weighted by Crippen LogP contribution is -2.41. The standard InChI is InChI=1S/C13H14N4O3/c1-20-13(19)11-3-2-6-17(11)12(18)8-4-5-9-10(7-8)15-16-14-9/h4-5,7,11H,2-3,6H2,1H3,(H,14,15,16). The Balaban J connectivity index is 1.89. The minimum absolute atomic E-state index is 0.178. The summed E-state index contributed by atoms with van der Waals surface area (Å²) in [6.07, 6.45) is 1.45. The third kappa shape index (κ3) is 2.01. The van der Waals surface area contributed by atoms with Crippen molar-refractivity contribution in [3.05, 3.63) is 23.8 Å². The van der Waals surface area contributed by atoms with E-state index in [2.05, 4.69) is 15.4 Å². The van der Waals surface area contributed by atoms with Crippen LogP contribution in [-0.2, 0) is 9.53 Å². The van der Waals surface area contributed by atoms with Crippen molar-refractivity contribution in [3.8, 4) is 0 Å². The van der Waals surface area contributed by atoms with Crippen LogP contribution in [0.2, 0.25) is 0 Å². The maximum atomic E-state index is 12.5. The summed E-state index contributed by atoms with van der Waals surface area (Å²) in [4.78, 5) is 25.8. The van der Waals surface area contributed by atoms with Gasteiger partial charge in [-0.1, -0.05) is 0 Å². The fourth-order valence-electron chi connectivity index (χ4n) is 2.53. The summed E-state index contributed by atoms with van der Waals surface area (Å²) in [5, 5.41) is 10.4. The van der Waals surface area contributed by atoms with Gasteiger partial charge in [-0.15, -0.1) is 0 Å². The summed E-state index contributed by atoms with van der Waals surface area (Å²) in [5.74, 6) is -0.541. The van der Waals surface area contributed by atoms with Gasteiger partial charge in [0, 0.05) is 12.1 Å². The van der Waals surface area contributed by atoms with Crippen LogP contribution in [0.1, 0.15) is 23.2 Å². The number of fused-ring (bicyclic) bond motifs is 1. The van der Waals surface area contributed by atoms with Crippen LogP contribution in [0.3, 0.4) is 0 Å². The van der Waals surface area contributed by atoms with Crippen molar-refractivity contribution in [2.75, 3.05) is 13.7 Å². The molecule has 1 aliphatic heterocycles. The molecule has 1 unspecified atom stereocenters. The summed E-state index contributed by atoms with van der Waals surface area (Å²) in [6, 6.07) is 4.61. The zero-order valence-electron chi connectivity index (χ0n) is 11.0. The quantitative estimate of drug-likeness (QED) is 0.816. The topological polar surface area (TPSA) is 88.2 Å². The molecule has 1 aromatic carbocycles. The van der Waals surface area contributed by atoms with Crippen LogP contribution in [0.4, 0.5) is 0 Å². The first-order valence-electron chi connectivity index (χ1n) is 6.40. The molecule has 0 aliphatic carbocycles. The smallest absolute Gasteiger partial charge is 0.328 e. The number of esters is 1. The van der Waals surface area contributed by atoms with Crippen LogP contribution >= 0.6 is 0 Å². The first-order valence-corrected chi connectivity index (χ1v) is 6.40. The van der Waals surface area contributed by atoms with Gasteiger partial charge in [0.25, 0.3) is 5.91 Å². The summed E-state index contributed by atoms with van der Waals surface area (Å²) < 4.78 is 4.75. The number of hydrogen-bond acceptors (Lipinski definition) is 5. The first kappa shape index (κ1) is 12.6. The van der Waals surface area contributed by atoms with Crippen molar-refractivity contribution in [1.29, 1.82) is 0 Å². The number of likely N-dealkylation sites (tertiary alicyclic amines) is 1. The molecule has 1 atom stereocenters. The maximum Gasteiger partial charge on any atom is 0.328 e. The van der Waals surface area contributed by atoms with Gasteiger partial charge in [-0.05, 0) is 31.0 Å². The number of nitrogens with zero attached hydrogens (tertiary/aromatic N) is 3. The molecule has 1 saturated heterocycles. The molecule has 104 valence electrons. The average Bonchev–Trinajstić information content (AvgIpc) is 3.13. The number of rotatable bonds is 2. The molecule has 0 spiro atoms. The SMILES string of the molecule is COC(=O)C1CCCN1C(=O)c1ccc2n[nH]nc2c1. The third-order valence-corrected chi connectivity index (χ3v) is 3.55. The fourth-order valence-corrected chi connectivity index (χ4v) is 2.53. The Morgan fingerprint density at radius 1 is 1.35 bits per heavy atom. The van der Waals surface area contributed by atoms with Gasteiger partial charge in [0.15, 0.2) is 0 Å². The van der Waals surface area contributed by atoms with Crippen LogP contribution in [0, 0.1) is 0 Å². The number of benzene rings is 1. The van der Waals surface area contributed by atoms with Crippen LogP contribution in [0.25, 0.3) is 11.0 Å². The summed E-state index contributed by atoms with van der Waals surface area (Å²) >= 11 is 0. The summed E-state index contributed by atoms with van der Waals surface area (Å²) in [5.41, 5.74) is 1.83. The van der Waals surface area contributed by atoms with E-state index in [9.17, 15) is 9.59 Å². The monoisotopic (exact) mass is 274 g/mol.